The maximum absolute atomic E-state index is 12.4. The number of carbonyl (C=O) groups excluding carboxylic acids is 1. The highest BCUT2D eigenvalue weighted by Crippen LogP contribution is 2.22. The Morgan fingerprint density at radius 3 is 2.45 bits per heavy atom. The van der Waals surface area contributed by atoms with Crippen LogP contribution in [0.25, 0.3) is 10.8 Å². The van der Waals surface area contributed by atoms with Gasteiger partial charge in [0.25, 0.3) is 0 Å². The Morgan fingerprint density at radius 2 is 1.66 bits per heavy atom. The topological polar surface area (TPSA) is 81.7 Å². The zero-order valence-electron chi connectivity index (χ0n) is 15.5. The fourth-order valence-electron chi connectivity index (χ4n) is 2.65. The maximum Gasteiger partial charge on any atom is 0.307 e. The van der Waals surface area contributed by atoms with Crippen molar-refractivity contribution in [3.05, 3.63) is 71.8 Å². The highest BCUT2D eigenvalue weighted by Gasteiger charge is 2.15. The average Bonchev–Trinajstić information content (AvgIpc) is 2.72. The van der Waals surface area contributed by atoms with Gasteiger partial charge in [-0.1, -0.05) is 54.1 Å². The van der Waals surface area contributed by atoms with E-state index in [1.807, 2.05) is 24.3 Å². The van der Waals surface area contributed by atoms with Crippen molar-refractivity contribution in [2.45, 2.75) is 11.3 Å². The molecule has 3 rings (SSSR count). The minimum Gasteiger partial charge on any atom is -0.488 e. The number of fused-ring (bicyclic) bond motifs is 1. The Balaban J connectivity index is 1.42. The summed E-state index contributed by atoms with van der Waals surface area (Å²) in [5.41, 5.74) is 0. The van der Waals surface area contributed by atoms with Crippen molar-refractivity contribution in [2.75, 3.05) is 19.8 Å². The predicted octanol–water partition coefficient (Wildman–Crippen LogP) is 3.78. The Kier molecular flexibility index (Phi) is 7.09. The van der Waals surface area contributed by atoms with Gasteiger partial charge in [0.2, 0.25) is 10.0 Å². The fraction of sp³-hybridized carbons (Fsp3) is 0.190. The highest BCUT2D eigenvalue weighted by molar-refractivity contribution is 7.89. The average molecular weight is 434 g/mol. The first-order valence-electron chi connectivity index (χ1n) is 8.97. The summed E-state index contributed by atoms with van der Waals surface area (Å²) in [6, 6.07) is 19.4. The number of esters is 1. The van der Waals surface area contributed by atoms with Crippen LogP contribution in [0.4, 0.5) is 0 Å². The van der Waals surface area contributed by atoms with Crippen molar-refractivity contribution in [2.24, 2.45) is 0 Å². The first-order valence-corrected chi connectivity index (χ1v) is 10.8. The molecule has 0 saturated carbocycles. The van der Waals surface area contributed by atoms with E-state index in [0.717, 1.165) is 10.8 Å². The van der Waals surface area contributed by atoms with Gasteiger partial charge in [0.15, 0.2) is 0 Å². The third-order valence-corrected chi connectivity index (χ3v) is 5.86. The molecule has 3 aromatic carbocycles. The summed E-state index contributed by atoms with van der Waals surface area (Å²) in [5.74, 6) is -0.0117. The fourth-order valence-corrected chi connectivity index (χ4v) is 3.90. The number of ether oxygens (including phenoxy) is 2. The second-order valence-corrected chi connectivity index (χ2v) is 8.33. The number of nitrogens with one attached hydrogen (secondary N) is 1. The minimum absolute atomic E-state index is 0.0431. The van der Waals surface area contributed by atoms with Crippen molar-refractivity contribution in [3.8, 4) is 5.75 Å². The van der Waals surface area contributed by atoms with Crippen molar-refractivity contribution < 1.29 is 22.7 Å². The molecule has 0 aromatic heterocycles. The van der Waals surface area contributed by atoms with E-state index in [9.17, 15) is 13.2 Å². The SMILES string of the molecule is O=C(CCNS(=O)(=O)c1ccc2ccccc2c1)OCCOc1ccccc1Cl. The van der Waals surface area contributed by atoms with E-state index in [0.29, 0.717) is 10.8 Å². The molecule has 6 nitrogen and oxygen atoms in total. The molecule has 0 radical (unpaired) electrons. The zero-order valence-corrected chi connectivity index (χ0v) is 17.1. The number of benzene rings is 3. The summed E-state index contributed by atoms with van der Waals surface area (Å²) in [4.78, 5) is 11.9. The first-order chi connectivity index (χ1) is 14.0. The molecule has 0 spiro atoms. The molecule has 0 aliphatic carbocycles. The summed E-state index contributed by atoms with van der Waals surface area (Å²) in [7, 11) is -3.71. The van der Waals surface area contributed by atoms with Crippen LogP contribution in [0, 0.1) is 0 Å². The lowest BCUT2D eigenvalue weighted by Gasteiger charge is -2.09. The summed E-state index contributed by atoms with van der Waals surface area (Å²) < 4.78 is 37.7. The van der Waals surface area contributed by atoms with Crippen LogP contribution in [0.1, 0.15) is 6.42 Å². The van der Waals surface area contributed by atoms with Gasteiger partial charge in [0.1, 0.15) is 19.0 Å². The number of para-hydroxylation sites is 1. The molecule has 0 fully saturated rings. The van der Waals surface area contributed by atoms with Crippen LogP contribution in [0.3, 0.4) is 0 Å². The third-order valence-electron chi connectivity index (χ3n) is 4.09. The van der Waals surface area contributed by atoms with E-state index in [1.54, 1.807) is 36.4 Å². The van der Waals surface area contributed by atoms with Gasteiger partial charge in [-0.05, 0) is 35.0 Å². The number of sulfonamides is 1. The number of rotatable bonds is 9. The van der Waals surface area contributed by atoms with Crippen molar-refractivity contribution in [1.82, 2.24) is 4.72 Å². The molecule has 0 aliphatic heterocycles. The first kappa shape index (κ1) is 21.1. The zero-order chi connectivity index (χ0) is 20.7. The summed E-state index contributed by atoms with van der Waals surface area (Å²) >= 11 is 5.96. The Hall–Kier alpha value is -2.61. The van der Waals surface area contributed by atoms with Crippen LogP contribution in [0.15, 0.2) is 71.6 Å². The molecule has 0 amide bonds. The van der Waals surface area contributed by atoms with Crippen molar-refractivity contribution in [3.63, 3.8) is 0 Å². The van der Waals surface area contributed by atoms with E-state index in [2.05, 4.69) is 4.72 Å². The van der Waals surface area contributed by atoms with Crippen LogP contribution < -0.4 is 9.46 Å². The van der Waals surface area contributed by atoms with Crippen LogP contribution in [-0.4, -0.2) is 34.1 Å². The Bertz CT molecular complexity index is 1100. The number of hydrogen-bond donors (Lipinski definition) is 1. The molecule has 0 aliphatic rings. The second kappa shape index (κ2) is 9.73. The van der Waals surface area contributed by atoms with Crippen LogP contribution >= 0.6 is 11.6 Å². The normalized spacial score (nSPS) is 11.3. The largest absolute Gasteiger partial charge is 0.488 e. The third kappa shape index (κ3) is 5.93. The quantitative estimate of drug-likeness (QED) is 0.410. The van der Waals surface area contributed by atoms with E-state index in [-0.39, 0.29) is 31.1 Å². The molecule has 0 saturated heterocycles. The minimum atomic E-state index is -3.71. The monoisotopic (exact) mass is 433 g/mol. The highest BCUT2D eigenvalue weighted by atomic mass is 35.5. The van der Waals surface area contributed by atoms with Gasteiger partial charge in [-0.25, -0.2) is 13.1 Å². The molecule has 0 heterocycles. The lowest BCUT2D eigenvalue weighted by molar-refractivity contribution is -0.144. The maximum atomic E-state index is 12.4. The van der Waals surface area contributed by atoms with E-state index in [1.165, 1.54) is 6.07 Å². The predicted molar refractivity (Wildman–Crippen MR) is 112 cm³/mol. The molecule has 0 bridgehead atoms. The second-order valence-electron chi connectivity index (χ2n) is 6.16. The smallest absolute Gasteiger partial charge is 0.307 e. The van der Waals surface area contributed by atoms with E-state index < -0.39 is 16.0 Å². The van der Waals surface area contributed by atoms with Gasteiger partial charge in [0.05, 0.1) is 16.3 Å². The standard InChI is InChI=1S/C21H20ClNO5S/c22-19-7-3-4-8-20(19)27-13-14-28-21(24)11-12-23-29(25,26)18-10-9-16-5-1-2-6-17(16)15-18/h1-10,15,23H,11-14H2. The van der Waals surface area contributed by atoms with Crippen LogP contribution in [0.2, 0.25) is 5.02 Å². The lowest BCUT2D eigenvalue weighted by atomic mass is 10.1. The molecule has 152 valence electrons. The summed E-state index contributed by atoms with van der Waals surface area (Å²) in [6.07, 6.45) is -0.0844. The van der Waals surface area contributed by atoms with E-state index in [4.69, 9.17) is 21.1 Å². The molecular formula is C21H20ClNO5S. The molecule has 3 aromatic rings. The molecule has 8 heteroatoms. The summed E-state index contributed by atoms with van der Waals surface area (Å²) in [6.45, 7) is 0.138. The lowest BCUT2D eigenvalue weighted by Crippen LogP contribution is -2.27. The van der Waals surface area contributed by atoms with Crippen molar-refractivity contribution >= 4 is 38.4 Å². The molecule has 0 unspecified atom stereocenters. The molecule has 0 atom stereocenters. The number of carbonyl (C=O) groups is 1. The Labute approximate surface area is 174 Å². The van der Waals surface area contributed by atoms with Gasteiger partial charge in [0, 0.05) is 6.54 Å². The Morgan fingerprint density at radius 1 is 0.931 bits per heavy atom. The van der Waals surface area contributed by atoms with Gasteiger partial charge in [-0.3, -0.25) is 4.79 Å². The van der Waals surface area contributed by atoms with Crippen LogP contribution in [-0.2, 0) is 19.6 Å². The summed E-state index contributed by atoms with van der Waals surface area (Å²) in [5, 5.41) is 2.25. The van der Waals surface area contributed by atoms with Crippen molar-refractivity contribution in [1.29, 1.82) is 0 Å². The van der Waals surface area contributed by atoms with Gasteiger partial charge in [-0.15, -0.1) is 0 Å². The number of hydrogen-bond acceptors (Lipinski definition) is 5. The molecule has 29 heavy (non-hydrogen) atoms. The van der Waals surface area contributed by atoms with Gasteiger partial charge in [-0.2, -0.15) is 0 Å². The van der Waals surface area contributed by atoms with Crippen LogP contribution in [0.5, 0.6) is 5.75 Å². The molecular weight excluding hydrogens is 414 g/mol. The molecule has 1 N–H and O–H groups in total. The number of halogens is 1. The van der Waals surface area contributed by atoms with E-state index >= 15 is 0 Å². The van der Waals surface area contributed by atoms with Gasteiger partial charge < -0.3 is 9.47 Å². The van der Waals surface area contributed by atoms with Gasteiger partial charge >= 0.3 is 5.97 Å².